The fourth-order valence-corrected chi connectivity index (χ4v) is 4.69. The van der Waals surface area contributed by atoms with E-state index < -0.39 is 0 Å². The molecule has 34 heavy (non-hydrogen) atoms. The quantitative estimate of drug-likeness (QED) is 0.454. The van der Waals surface area contributed by atoms with Crippen molar-refractivity contribution in [1.29, 1.82) is 0 Å². The lowest BCUT2D eigenvalue weighted by molar-refractivity contribution is 0.0668. The van der Waals surface area contributed by atoms with E-state index in [2.05, 4.69) is 4.90 Å². The van der Waals surface area contributed by atoms with Gasteiger partial charge in [-0.1, -0.05) is 24.3 Å². The molecule has 0 aromatic heterocycles. The van der Waals surface area contributed by atoms with Crippen LogP contribution >= 0.6 is 0 Å². The summed E-state index contributed by atoms with van der Waals surface area (Å²) in [5.41, 5.74) is 11.5. The van der Waals surface area contributed by atoms with Gasteiger partial charge in [0.05, 0.1) is 6.67 Å². The number of hydrogen-bond acceptors (Lipinski definition) is 4. The normalized spacial score (nSPS) is 18.3. The first kappa shape index (κ1) is 22.4. The topological polar surface area (TPSA) is 47.7 Å². The van der Waals surface area contributed by atoms with Crippen LogP contribution in [0.5, 0.6) is 11.5 Å². The van der Waals surface area contributed by atoms with Crippen molar-refractivity contribution in [3.05, 3.63) is 89.2 Å². The number of alkyl halides is 1. The fraction of sp³-hybridized carbons (Fsp3) is 0.286. The van der Waals surface area contributed by atoms with Crippen LogP contribution in [0.1, 0.15) is 29.7 Å². The molecule has 0 amide bonds. The molecule has 2 N–H and O–H groups in total. The second-order valence-corrected chi connectivity index (χ2v) is 9.00. The van der Waals surface area contributed by atoms with Crippen LogP contribution in [0.2, 0.25) is 0 Å². The third-order valence-corrected chi connectivity index (χ3v) is 6.58. The Bertz CT molecular complexity index is 1190. The Kier molecular flexibility index (Phi) is 6.24. The number of benzene rings is 3. The summed E-state index contributed by atoms with van der Waals surface area (Å²) < 4.78 is 38.5. The van der Waals surface area contributed by atoms with Gasteiger partial charge in [0, 0.05) is 42.4 Å². The van der Waals surface area contributed by atoms with Gasteiger partial charge in [0.1, 0.15) is 30.0 Å². The SMILES string of the molecule is CC1=C(c2ccc(F)cc2)[C@H](c2ccc(OCCN3CC(CF)C3)cc2)Oc2ccc(N)cc21. The van der Waals surface area contributed by atoms with E-state index in [4.69, 9.17) is 15.2 Å². The smallest absolute Gasteiger partial charge is 0.150 e. The lowest BCUT2D eigenvalue weighted by Gasteiger charge is -2.37. The van der Waals surface area contributed by atoms with E-state index in [0.717, 1.165) is 59.0 Å². The number of rotatable bonds is 7. The summed E-state index contributed by atoms with van der Waals surface area (Å²) in [6.45, 7) is 4.78. The van der Waals surface area contributed by atoms with Crippen molar-refractivity contribution >= 4 is 16.8 Å². The number of halogens is 2. The molecule has 1 fully saturated rings. The van der Waals surface area contributed by atoms with Gasteiger partial charge in [-0.15, -0.1) is 0 Å². The summed E-state index contributed by atoms with van der Waals surface area (Å²) in [4.78, 5) is 2.20. The molecule has 1 atom stereocenters. The Morgan fingerprint density at radius 3 is 2.47 bits per heavy atom. The minimum absolute atomic E-state index is 0.183. The molecule has 3 aromatic carbocycles. The summed E-state index contributed by atoms with van der Waals surface area (Å²) in [5, 5.41) is 0. The van der Waals surface area contributed by atoms with Crippen molar-refractivity contribution in [1.82, 2.24) is 4.90 Å². The number of ether oxygens (including phenoxy) is 2. The highest BCUT2D eigenvalue weighted by Crippen LogP contribution is 2.47. The van der Waals surface area contributed by atoms with Crippen LogP contribution in [0.25, 0.3) is 11.1 Å². The Balaban J connectivity index is 1.37. The molecule has 2 aliphatic rings. The molecule has 5 rings (SSSR count). The molecule has 0 aliphatic carbocycles. The Hall–Kier alpha value is -3.38. The maximum absolute atomic E-state index is 13.6. The number of nitrogen functional groups attached to an aromatic ring is 1. The third kappa shape index (κ3) is 4.50. The molecule has 6 heteroatoms. The van der Waals surface area contributed by atoms with Gasteiger partial charge in [0.2, 0.25) is 0 Å². The van der Waals surface area contributed by atoms with Gasteiger partial charge in [-0.2, -0.15) is 0 Å². The molecule has 0 unspecified atom stereocenters. The van der Waals surface area contributed by atoms with Crippen LogP contribution in [0.15, 0.2) is 66.7 Å². The molecule has 4 nitrogen and oxygen atoms in total. The monoisotopic (exact) mass is 462 g/mol. The largest absolute Gasteiger partial charge is 0.492 e. The number of nitrogens with zero attached hydrogens (tertiary/aromatic N) is 1. The van der Waals surface area contributed by atoms with Gasteiger partial charge in [-0.05, 0) is 66.1 Å². The van der Waals surface area contributed by atoms with Gasteiger partial charge in [-0.25, -0.2) is 4.39 Å². The highest BCUT2D eigenvalue weighted by molar-refractivity contribution is 5.96. The number of allylic oxidation sites excluding steroid dienone is 1. The predicted octanol–water partition coefficient (Wildman–Crippen LogP) is 5.75. The van der Waals surface area contributed by atoms with Crippen molar-refractivity contribution in [3.8, 4) is 11.5 Å². The molecule has 0 bridgehead atoms. The lowest BCUT2D eigenvalue weighted by Crippen LogP contribution is -2.49. The van der Waals surface area contributed by atoms with Crippen molar-refractivity contribution in [2.45, 2.75) is 13.0 Å². The van der Waals surface area contributed by atoms with Crippen LogP contribution in [-0.4, -0.2) is 37.8 Å². The molecule has 0 spiro atoms. The van der Waals surface area contributed by atoms with E-state index in [9.17, 15) is 8.78 Å². The summed E-state index contributed by atoms with van der Waals surface area (Å²) in [5.74, 6) is 1.45. The number of likely N-dealkylation sites (tertiary alicyclic amines) is 1. The van der Waals surface area contributed by atoms with Crippen LogP contribution in [0, 0.1) is 11.7 Å². The molecule has 0 radical (unpaired) electrons. The summed E-state index contributed by atoms with van der Waals surface area (Å²) in [6, 6.07) is 20.0. The van der Waals surface area contributed by atoms with Crippen LogP contribution < -0.4 is 15.2 Å². The van der Waals surface area contributed by atoms with Gasteiger partial charge in [-0.3, -0.25) is 9.29 Å². The zero-order valence-electron chi connectivity index (χ0n) is 19.1. The molecule has 1 saturated heterocycles. The number of hydrogen-bond donors (Lipinski definition) is 1. The first-order chi connectivity index (χ1) is 16.5. The maximum atomic E-state index is 13.6. The first-order valence-corrected chi connectivity index (χ1v) is 11.6. The van der Waals surface area contributed by atoms with E-state index in [1.54, 1.807) is 12.1 Å². The van der Waals surface area contributed by atoms with Crippen LogP contribution in [0.3, 0.4) is 0 Å². The van der Waals surface area contributed by atoms with E-state index in [-0.39, 0.29) is 24.5 Å². The Morgan fingerprint density at radius 2 is 1.76 bits per heavy atom. The summed E-state index contributed by atoms with van der Waals surface area (Å²) in [6.07, 6.45) is -0.352. The molecular formula is C28H28F2N2O2. The second-order valence-electron chi connectivity index (χ2n) is 9.00. The van der Waals surface area contributed by atoms with Crippen LogP contribution in [-0.2, 0) is 0 Å². The fourth-order valence-electron chi connectivity index (χ4n) is 4.69. The zero-order chi connectivity index (χ0) is 23.7. The Labute approximate surface area is 198 Å². The number of anilines is 1. The average molecular weight is 463 g/mol. The highest BCUT2D eigenvalue weighted by Gasteiger charge is 2.29. The molecule has 0 saturated carbocycles. The van der Waals surface area contributed by atoms with E-state index >= 15 is 0 Å². The minimum Gasteiger partial charge on any atom is -0.492 e. The minimum atomic E-state index is -0.352. The van der Waals surface area contributed by atoms with Gasteiger partial charge >= 0.3 is 0 Å². The third-order valence-electron chi connectivity index (χ3n) is 6.58. The van der Waals surface area contributed by atoms with E-state index in [1.807, 2.05) is 49.4 Å². The molecule has 2 heterocycles. The van der Waals surface area contributed by atoms with Crippen molar-refractivity contribution in [3.63, 3.8) is 0 Å². The second kappa shape index (κ2) is 9.47. The van der Waals surface area contributed by atoms with Gasteiger partial charge in [0.15, 0.2) is 0 Å². The molecule has 176 valence electrons. The van der Waals surface area contributed by atoms with Crippen molar-refractivity contribution in [2.75, 3.05) is 38.6 Å². The number of fused-ring (bicyclic) bond motifs is 1. The first-order valence-electron chi connectivity index (χ1n) is 11.6. The van der Waals surface area contributed by atoms with Crippen molar-refractivity contribution < 1.29 is 18.3 Å². The van der Waals surface area contributed by atoms with E-state index in [0.29, 0.717) is 12.3 Å². The summed E-state index contributed by atoms with van der Waals surface area (Å²) in [7, 11) is 0. The predicted molar refractivity (Wildman–Crippen MR) is 131 cm³/mol. The number of nitrogens with two attached hydrogens (primary N) is 1. The molecular weight excluding hydrogens is 434 g/mol. The lowest BCUT2D eigenvalue weighted by atomic mass is 9.86. The van der Waals surface area contributed by atoms with Gasteiger partial charge in [0.25, 0.3) is 0 Å². The molecule has 3 aromatic rings. The standard InChI is InChI=1S/C28H28F2N2O2/c1-18-25-14-23(31)8-11-26(25)34-28(27(18)20-2-6-22(30)7-3-20)21-4-9-24(10-5-21)33-13-12-32-16-19(15-29)17-32/h2-11,14,19,28H,12-13,15-17,31H2,1H3/t28-/m0/s1. The van der Waals surface area contributed by atoms with Crippen LogP contribution in [0.4, 0.5) is 14.5 Å². The molecule has 2 aliphatic heterocycles. The maximum Gasteiger partial charge on any atom is 0.150 e. The van der Waals surface area contributed by atoms with Crippen molar-refractivity contribution in [2.24, 2.45) is 5.92 Å². The van der Waals surface area contributed by atoms with Gasteiger partial charge < -0.3 is 15.2 Å². The summed E-state index contributed by atoms with van der Waals surface area (Å²) >= 11 is 0. The highest BCUT2D eigenvalue weighted by atomic mass is 19.1. The Morgan fingerprint density at radius 1 is 1.03 bits per heavy atom. The average Bonchev–Trinajstić information content (AvgIpc) is 2.82. The zero-order valence-corrected chi connectivity index (χ0v) is 19.1. The van der Waals surface area contributed by atoms with E-state index in [1.165, 1.54) is 12.1 Å².